The summed E-state index contributed by atoms with van der Waals surface area (Å²) in [6.45, 7) is 3.10. The Morgan fingerprint density at radius 1 is 1.36 bits per heavy atom. The van der Waals surface area contributed by atoms with Crippen LogP contribution in [0.1, 0.15) is 25.8 Å². The van der Waals surface area contributed by atoms with E-state index in [1.54, 1.807) is 26.2 Å². The molecule has 3 rings (SSSR count). The Kier molecular flexibility index (Phi) is 5.63. The maximum Gasteiger partial charge on any atom is 0.322 e. The van der Waals surface area contributed by atoms with Gasteiger partial charge in [-0.2, -0.15) is 0 Å². The number of carbonyl (C=O) groups excluding carboxylic acids is 2. The van der Waals surface area contributed by atoms with Gasteiger partial charge in [-0.05, 0) is 30.2 Å². The summed E-state index contributed by atoms with van der Waals surface area (Å²) in [6, 6.07) is 9.19. The van der Waals surface area contributed by atoms with Gasteiger partial charge in [0.15, 0.2) is 6.29 Å². The first-order valence-corrected chi connectivity index (χ1v) is 9.31. The van der Waals surface area contributed by atoms with Gasteiger partial charge in [-0.25, -0.2) is 4.98 Å². The van der Waals surface area contributed by atoms with E-state index < -0.39 is 17.8 Å². The van der Waals surface area contributed by atoms with Crippen LogP contribution in [0.2, 0.25) is 10.2 Å². The van der Waals surface area contributed by atoms with Crippen molar-refractivity contribution in [3.8, 4) is 11.1 Å². The van der Waals surface area contributed by atoms with Crippen LogP contribution in [0.5, 0.6) is 0 Å². The summed E-state index contributed by atoms with van der Waals surface area (Å²) in [4.78, 5) is 34.9. The van der Waals surface area contributed by atoms with Gasteiger partial charge in [0.05, 0.1) is 17.0 Å². The van der Waals surface area contributed by atoms with E-state index in [2.05, 4.69) is 4.98 Å². The monoisotopic (exact) mass is 422 g/mol. The first-order chi connectivity index (χ1) is 13.1. The Balaban J connectivity index is 2.10. The first kappa shape index (κ1) is 20.5. The number of halogens is 2. The number of benzene rings is 1. The van der Waals surface area contributed by atoms with Crippen molar-refractivity contribution in [3.63, 3.8) is 0 Å². The molecule has 1 aliphatic heterocycles. The Morgan fingerprint density at radius 3 is 2.75 bits per heavy atom. The smallest absolute Gasteiger partial charge is 0.322 e. The van der Waals surface area contributed by atoms with E-state index in [0.717, 1.165) is 11.1 Å². The predicted molar refractivity (Wildman–Crippen MR) is 106 cm³/mol. The minimum atomic E-state index is -0.964. The lowest BCUT2D eigenvalue weighted by Gasteiger charge is -2.49. The molecule has 1 aromatic carbocycles. The van der Waals surface area contributed by atoms with Gasteiger partial charge < -0.3 is 9.74 Å². The van der Waals surface area contributed by atoms with Crippen LogP contribution in [0.3, 0.4) is 0 Å². The molecule has 1 fully saturated rings. The van der Waals surface area contributed by atoms with E-state index in [1.807, 2.05) is 24.3 Å². The summed E-state index contributed by atoms with van der Waals surface area (Å²) >= 11 is 12.3. The molecule has 1 aromatic heterocycles. The highest BCUT2D eigenvalue weighted by Gasteiger charge is 2.48. The highest BCUT2D eigenvalue weighted by molar-refractivity contribution is 6.42. The van der Waals surface area contributed by atoms with Gasteiger partial charge in [0.1, 0.15) is 5.15 Å². The highest BCUT2D eigenvalue weighted by atomic mass is 35.5. The molecular weight excluding hydrogens is 403 g/mol. The molecule has 9 heteroatoms. The second kappa shape index (κ2) is 7.67. The maximum atomic E-state index is 12.5. The van der Waals surface area contributed by atoms with Crippen LogP contribution in [-0.4, -0.2) is 40.2 Å². The van der Waals surface area contributed by atoms with Crippen LogP contribution in [0.25, 0.3) is 11.1 Å². The molecule has 2 unspecified atom stereocenters. The van der Waals surface area contributed by atoms with E-state index in [0.29, 0.717) is 10.6 Å². The third kappa shape index (κ3) is 3.58. The van der Waals surface area contributed by atoms with E-state index in [4.69, 9.17) is 33.8 Å². The molecule has 0 saturated carbocycles. The molecule has 7 nitrogen and oxygen atoms in total. The van der Waals surface area contributed by atoms with Crippen molar-refractivity contribution in [1.29, 1.82) is 0 Å². The molecule has 0 bridgehead atoms. The number of hydrogen-bond acceptors (Lipinski definition) is 6. The second-order valence-corrected chi connectivity index (χ2v) is 7.56. The normalized spacial score (nSPS) is 23.0. The van der Waals surface area contributed by atoms with Crippen molar-refractivity contribution < 1.29 is 14.4 Å². The van der Waals surface area contributed by atoms with Crippen molar-refractivity contribution in [2.45, 2.75) is 32.1 Å². The minimum absolute atomic E-state index is 0.0821. The van der Waals surface area contributed by atoms with Crippen LogP contribution < -0.4 is 5.73 Å². The standard InChI is InChI=1S/C19H20Cl2N4O3/c1-11(26)28-25-18(22)24(3)15(27)10-19(25,2)13-6-4-5-12(9-13)14-7-8-23-17(21)16(14)20/h4-9,18H,10,22H2,1-3H3. The summed E-state index contributed by atoms with van der Waals surface area (Å²) < 4.78 is 0. The average Bonchev–Trinajstić information content (AvgIpc) is 2.66. The number of carbonyl (C=O) groups is 2. The number of hydroxylamine groups is 2. The third-order valence-electron chi connectivity index (χ3n) is 4.88. The third-order valence-corrected chi connectivity index (χ3v) is 5.65. The van der Waals surface area contributed by atoms with Crippen LogP contribution >= 0.6 is 23.2 Å². The zero-order chi connectivity index (χ0) is 20.6. The zero-order valence-corrected chi connectivity index (χ0v) is 17.2. The molecule has 2 atom stereocenters. The van der Waals surface area contributed by atoms with Gasteiger partial charge >= 0.3 is 5.97 Å². The largest absolute Gasteiger partial charge is 0.364 e. The van der Waals surface area contributed by atoms with Crippen LogP contribution in [0.15, 0.2) is 36.5 Å². The molecule has 0 radical (unpaired) electrons. The Hall–Kier alpha value is -2.19. The van der Waals surface area contributed by atoms with Crippen LogP contribution in [0, 0.1) is 0 Å². The fraction of sp³-hybridized carbons (Fsp3) is 0.316. The molecule has 0 aliphatic carbocycles. The molecule has 2 heterocycles. The minimum Gasteiger partial charge on any atom is -0.364 e. The number of nitrogens with zero attached hydrogens (tertiary/aromatic N) is 3. The number of rotatable bonds is 3. The van der Waals surface area contributed by atoms with Crippen molar-refractivity contribution in [1.82, 2.24) is 14.9 Å². The average molecular weight is 423 g/mol. The van der Waals surface area contributed by atoms with Crippen molar-refractivity contribution in [2.24, 2.45) is 5.73 Å². The number of hydrogen-bond donors (Lipinski definition) is 1. The second-order valence-electron chi connectivity index (χ2n) is 6.82. The lowest BCUT2D eigenvalue weighted by molar-refractivity contribution is -0.268. The van der Waals surface area contributed by atoms with Gasteiger partial charge in [-0.1, -0.05) is 46.5 Å². The van der Waals surface area contributed by atoms with Gasteiger partial charge in [0.25, 0.3) is 0 Å². The van der Waals surface area contributed by atoms with Crippen molar-refractivity contribution in [3.05, 3.63) is 52.3 Å². The molecule has 0 spiro atoms. The highest BCUT2D eigenvalue weighted by Crippen LogP contribution is 2.40. The lowest BCUT2D eigenvalue weighted by atomic mass is 9.84. The molecule has 2 N–H and O–H groups in total. The SMILES string of the molecule is CC(=O)ON1C(N)N(C)C(=O)CC1(C)c1cccc(-c2ccnc(Cl)c2Cl)c1. The maximum absolute atomic E-state index is 12.5. The zero-order valence-electron chi connectivity index (χ0n) is 15.6. The summed E-state index contributed by atoms with van der Waals surface area (Å²) in [5, 5.41) is 1.89. The molecule has 1 saturated heterocycles. The van der Waals surface area contributed by atoms with E-state index in [9.17, 15) is 9.59 Å². The number of pyridine rings is 1. The summed E-state index contributed by atoms with van der Waals surface area (Å²) in [5.41, 5.74) is 7.44. The van der Waals surface area contributed by atoms with E-state index in [1.165, 1.54) is 16.9 Å². The molecule has 28 heavy (non-hydrogen) atoms. The van der Waals surface area contributed by atoms with E-state index in [-0.39, 0.29) is 17.5 Å². The van der Waals surface area contributed by atoms with E-state index >= 15 is 0 Å². The van der Waals surface area contributed by atoms with Gasteiger partial charge in [0, 0.05) is 25.7 Å². The molecule has 1 amide bonds. The number of nitrogens with two attached hydrogens (primary N) is 1. The Bertz CT molecular complexity index is 939. The van der Waals surface area contributed by atoms with Crippen LogP contribution in [-0.2, 0) is 20.0 Å². The predicted octanol–water partition coefficient (Wildman–Crippen LogP) is 3.16. The van der Waals surface area contributed by atoms with Gasteiger partial charge in [0.2, 0.25) is 5.91 Å². The van der Waals surface area contributed by atoms with Crippen molar-refractivity contribution >= 4 is 35.1 Å². The van der Waals surface area contributed by atoms with Gasteiger partial charge in [-0.3, -0.25) is 15.3 Å². The summed E-state index contributed by atoms with van der Waals surface area (Å²) in [6.07, 6.45) is 0.731. The molecule has 1 aliphatic rings. The quantitative estimate of drug-likeness (QED) is 0.764. The molecule has 148 valence electrons. The fourth-order valence-electron chi connectivity index (χ4n) is 3.28. The number of amides is 1. The summed E-state index contributed by atoms with van der Waals surface area (Å²) in [7, 11) is 1.57. The summed E-state index contributed by atoms with van der Waals surface area (Å²) in [5.74, 6) is -0.682. The fourth-order valence-corrected chi connectivity index (χ4v) is 3.66. The Labute approximate surface area is 172 Å². The number of aromatic nitrogens is 1. The first-order valence-electron chi connectivity index (χ1n) is 8.55. The van der Waals surface area contributed by atoms with Crippen molar-refractivity contribution in [2.75, 3.05) is 7.05 Å². The Morgan fingerprint density at radius 2 is 2.07 bits per heavy atom. The lowest BCUT2D eigenvalue weighted by Crippen LogP contribution is -2.66. The van der Waals surface area contributed by atoms with Gasteiger partial charge in [-0.15, -0.1) is 0 Å². The molecular formula is C19H20Cl2N4O3. The topological polar surface area (TPSA) is 88.8 Å². The van der Waals surface area contributed by atoms with Crippen LogP contribution in [0.4, 0.5) is 0 Å². The molecule has 2 aromatic rings.